The maximum atomic E-state index is 12.3. The second kappa shape index (κ2) is 10.3. The molecule has 1 fully saturated rings. The molecular formula is C21H22Cl2N2O3S. The number of thioether (sulfide) groups is 1. The second-order valence-corrected chi connectivity index (χ2v) is 8.85. The molecule has 3 rings (SSSR count). The highest BCUT2D eigenvalue weighted by molar-refractivity contribution is 8.00. The molecule has 1 saturated heterocycles. The summed E-state index contributed by atoms with van der Waals surface area (Å²) < 4.78 is 0. The Morgan fingerprint density at radius 3 is 2.55 bits per heavy atom. The van der Waals surface area contributed by atoms with E-state index in [2.05, 4.69) is 10.2 Å². The third-order valence-electron chi connectivity index (χ3n) is 4.79. The van der Waals surface area contributed by atoms with Crippen molar-refractivity contribution in [2.45, 2.75) is 30.3 Å². The van der Waals surface area contributed by atoms with Crippen LogP contribution in [0.4, 0.5) is 0 Å². The first-order valence-electron chi connectivity index (χ1n) is 9.32. The number of piperidine rings is 1. The molecule has 0 aromatic heterocycles. The van der Waals surface area contributed by atoms with Crippen molar-refractivity contribution in [3.8, 4) is 0 Å². The molecule has 29 heavy (non-hydrogen) atoms. The smallest absolute Gasteiger partial charge is 0.335 e. The van der Waals surface area contributed by atoms with Crippen LogP contribution in [0.15, 0.2) is 47.4 Å². The van der Waals surface area contributed by atoms with Crippen molar-refractivity contribution in [2.75, 3.05) is 18.8 Å². The monoisotopic (exact) mass is 452 g/mol. The molecule has 0 unspecified atom stereocenters. The van der Waals surface area contributed by atoms with Gasteiger partial charge in [-0.15, -0.1) is 11.8 Å². The van der Waals surface area contributed by atoms with Gasteiger partial charge in [-0.1, -0.05) is 35.3 Å². The topological polar surface area (TPSA) is 69.6 Å². The van der Waals surface area contributed by atoms with E-state index >= 15 is 0 Å². The number of carboxylic acids is 1. The average molecular weight is 453 g/mol. The standard InChI is InChI=1S/C21H22Cl2N2O3S/c22-18-5-4-14(10-19(18)23)12-25-8-6-16(7-9-25)24-20(26)13-29-17-3-1-2-15(11-17)21(27)28/h1-5,10-11,16H,6-9,12-13H2,(H,24,26)(H,27,28). The molecule has 0 bridgehead atoms. The zero-order chi connectivity index (χ0) is 20.8. The zero-order valence-electron chi connectivity index (χ0n) is 15.7. The van der Waals surface area contributed by atoms with E-state index in [1.165, 1.54) is 17.8 Å². The highest BCUT2D eigenvalue weighted by Crippen LogP contribution is 2.24. The molecule has 1 aliphatic heterocycles. The van der Waals surface area contributed by atoms with E-state index in [1.54, 1.807) is 12.1 Å². The quantitative estimate of drug-likeness (QED) is 0.602. The highest BCUT2D eigenvalue weighted by Gasteiger charge is 2.21. The van der Waals surface area contributed by atoms with Gasteiger partial charge in [0.25, 0.3) is 0 Å². The minimum atomic E-state index is -0.968. The van der Waals surface area contributed by atoms with Gasteiger partial charge in [0.05, 0.1) is 21.4 Å². The number of rotatable bonds is 7. The summed E-state index contributed by atoms with van der Waals surface area (Å²) in [6.45, 7) is 2.62. The molecule has 0 aliphatic carbocycles. The van der Waals surface area contributed by atoms with E-state index in [0.717, 1.165) is 42.9 Å². The van der Waals surface area contributed by atoms with Crippen molar-refractivity contribution in [1.82, 2.24) is 10.2 Å². The zero-order valence-corrected chi connectivity index (χ0v) is 18.1. The van der Waals surface area contributed by atoms with Gasteiger partial charge < -0.3 is 10.4 Å². The first-order chi connectivity index (χ1) is 13.9. The minimum absolute atomic E-state index is 0.0290. The molecule has 8 heteroatoms. The summed E-state index contributed by atoms with van der Waals surface area (Å²) in [6, 6.07) is 12.5. The second-order valence-electron chi connectivity index (χ2n) is 6.99. The Labute approximate surface area is 184 Å². The third-order valence-corrected chi connectivity index (χ3v) is 6.53. The summed E-state index contributed by atoms with van der Waals surface area (Å²) in [5.74, 6) is -0.727. The fourth-order valence-corrected chi connectivity index (χ4v) is 4.36. The van der Waals surface area contributed by atoms with Crippen molar-refractivity contribution in [1.29, 1.82) is 0 Å². The van der Waals surface area contributed by atoms with Gasteiger partial charge in [0, 0.05) is 30.6 Å². The van der Waals surface area contributed by atoms with Crippen LogP contribution >= 0.6 is 35.0 Å². The molecule has 0 atom stereocenters. The number of aromatic carboxylic acids is 1. The summed E-state index contributed by atoms with van der Waals surface area (Å²) in [5, 5.41) is 13.3. The van der Waals surface area contributed by atoms with Gasteiger partial charge in [0.15, 0.2) is 0 Å². The summed E-state index contributed by atoms with van der Waals surface area (Å²) in [5.41, 5.74) is 1.35. The number of carbonyl (C=O) groups is 2. The van der Waals surface area contributed by atoms with Crippen LogP contribution in [0.3, 0.4) is 0 Å². The number of carbonyl (C=O) groups excluding carboxylic acids is 1. The lowest BCUT2D eigenvalue weighted by molar-refractivity contribution is -0.119. The molecule has 2 aromatic carbocycles. The van der Waals surface area contributed by atoms with Gasteiger partial charge >= 0.3 is 5.97 Å². The fraction of sp³-hybridized carbons (Fsp3) is 0.333. The van der Waals surface area contributed by atoms with Gasteiger partial charge in [-0.25, -0.2) is 4.79 Å². The Kier molecular flexibility index (Phi) is 7.84. The number of hydrogen-bond donors (Lipinski definition) is 2. The van der Waals surface area contributed by atoms with Crippen molar-refractivity contribution < 1.29 is 14.7 Å². The van der Waals surface area contributed by atoms with Crippen molar-refractivity contribution in [3.63, 3.8) is 0 Å². The van der Waals surface area contributed by atoms with Crippen LogP contribution in [0.1, 0.15) is 28.8 Å². The van der Waals surface area contributed by atoms with Crippen molar-refractivity contribution >= 4 is 46.8 Å². The molecular weight excluding hydrogens is 431 g/mol. The first kappa shape index (κ1) is 22.0. The lowest BCUT2D eigenvalue weighted by Gasteiger charge is -2.32. The van der Waals surface area contributed by atoms with E-state index in [0.29, 0.717) is 10.0 Å². The number of carboxylic acid groups (broad SMARTS) is 1. The van der Waals surface area contributed by atoms with Crippen LogP contribution in [0.25, 0.3) is 0 Å². The molecule has 0 spiro atoms. The molecule has 2 N–H and O–H groups in total. The number of hydrogen-bond acceptors (Lipinski definition) is 4. The lowest BCUT2D eigenvalue weighted by Crippen LogP contribution is -2.44. The van der Waals surface area contributed by atoms with Gasteiger partial charge in [-0.05, 0) is 48.7 Å². The van der Waals surface area contributed by atoms with Crippen LogP contribution in [0.2, 0.25) is 10.0 Å². The van der Waals surface area contributed by atoms with Gasteiger partial charge in [-0.2, -0.15) is 0 Å². The molecule has 0 radical (unpaired) electrons. The van der Waals surface area contributed by atoms with Crippen LogP contribution in [0, 0.1) is 0 Å². The molecule has 1 aliphatic rings. The normalized spacial score (nSPS) is 15.2. The van der Waals surface area contributed by atoms with E-state index in [4.69, 9.17) is 28.3 Å². The molecule has 154 valence electrons. The average Bonchev–Trinajstić information content (AvgIpc) is 2.71. The van der Waals surface area contributed by atoms with Gasteiger partial charge in [0.2, 0.25) is 5.91 Å². The van der Waals surface area contributed by atoms with E-state index < -0.39 is 5.97 Å². The Hall–Kier alpha value is -1.73. The number of amides is 1. The summed E-state index contributed by atoms with van der Waals surface area (Å²) in [6.07, 6.45) is 1.79. The van der Waals surface area contributed by atoms with Crippen molar-refractivity contribution in [3.05, 3.63) is 63.6 Å². The Morgan fingerprint density at radius 1 is 1.10 bits per heavy atom. The van der Waals surface area contributed by atoms with Crippen LogP contribution in [-0.2, 0) is 11.3 Å². The maximum Gasteiger partial charge on any atom is 0.335 e. The van der Waals surface area contributed by atoms with E-state index in [-0.39, 0.29) is 23.3 Å². The molecule has 0 saturated carbocycles. The molecule has 1 amide bonds. The van der Waals surface area contributed by atoms with Crippen molar-refractivity contribution in [2.24, 2.45) is 0 Å². The summed E-state index contributed by atoms with van der Waals surface area (Å²) in [7, 11) is 0. The van der Waals surface area contributed by atoms with Gasteiger partial charge in [-0.3, -0.25) is 9.69 Å². The third kappa shape index (κ3) is 6.64. The number of nitrogens with one attached hydrogen (secondary N) is 1. The first-order valence-corrected chi connectivity index (χ1v) is 11.1. The SMILES string of the molecule is O=C(CSc1cccc(C(=O)O)c1)NC1CCN(Cc2ccc(Cl)c(Cl)c2)CC1. The molecule has 1 heterocycles. The number of nitrogens with zero attached hydrogens (tertiary/aromatic N) is 1. The summed E-state index contributed by atoms with van der Waals surface area (Å²) >= 11 is 13.4. The predicted molar refractivity (Wildman–Crippen MR) is 117 cm³/mol. The Balaban J connectivity index is 1.41. The van der Waals surface area contributed by atoms with Crippen LogP contribution < -0.4 is 5.32 Å². The fourth-order valence-electron chi connectivity index (χ4n) is 3.27. The highest BCUT2D eigenvalue weighted by atomic mass is 35.5. The van der Waals surface area contributed by atoms with Gasteiger partial charge in [0.1, 0.15) is 0 Å². The Bertz CT molecular complexity index is 886. The minimum Gasteiger partial charge on any atom is -0.478 e. The number of halogens is 2. The van der Waals surface area contributed by atoms with Crippen LogP contribution in [-0.4, -0.2) is 46.8 Å². The predicted octanol–water partition coefficient (Wildman–Crippen LogP) is 4.56. The molecule has 5 nitrogen and oxygen atoms in total. The molecule has 2 aromatic rings. The number of likely N-dealkylation sites (tertiary alicyclic amines) is 1. The lowest BCUT2D eigenvalue weighted by atomic mass is 10.0. The largest absolute Gasteiger partial charge is 0.478 e. The maximum absolute atomic E-state index is 12.3. The van der Waals surface area contributed by atoms with E-state index in [1.807, 2.05) is 24.3 Å². The number of benzene rings is 2. The Morgan fingerprint density at radius 2 is 1.86 bits per heavy atom. The summed E-state index contributed by atoms with van der Waals surface area (Å²) in [4.78, 5) is 26.4. The van der Waals surface area contributed by atoms with E-state index in [9.17, 15) is 9.59 Å². The van der Waals surface area contributed by atoms with Crippen LogP contribution in [0.5, 0.6) is 0 Å².